The van der Waals surface area contributed by atoms with Crippen LogP contribution in [0.3, 0.4) is 0 Å². The second-order valence-corrected chi connectivity index (χ2v) is 5.74. The van der Waals surface area contributed by atoms with Crippen molar-refractivity contribution in [2.24, 2.45) is 0 Å². The predicted molar refractivity (Wildman–Crippen MR) is 103 cm³/mol. The van der Waals surface area contributed by atoms with Crippen LogP contribution in [0.2, 0.25) is 0 Å². The molecule has 1 atom stereocenters. The number of rotatable bonds is 8. The molecule has 2 aromatic carbocycles. The molecule has 0 bridgehead atoms. The van der Waals surface area contributed by atoms with E-state index in [2.05, 4.69) is 10.6 Å². The zero-order valence-electron chi connectivity index (χ0n) is 15.9. The van der Waals surface area contributed by atoms with E-state index >= 15 is 0 Å². The number of amides is 2. The minimum atomic E-state index is -1.05. The van der Waals surface area contributed by atoms with Crippen molar-refractivity contribution in [1.82, 2.24) is 5.32 Å². The Hall–Kier alpha value is -3.55. The van der Waals surface area contributed by atoms with Crippen molar-refractivity contribution >= 4 is 23.5 Å². The summed E-state index contributed by atoms with van der Waals surface area (Å²) in [5.74, 6) is -0.699. The monoisotopic (exact) mass is 386 g/mol. The maximum absolute atomic E-state index is 12.2. The van der Waals surface area contributed by atoms with Crippen LogP contribution in [0.15, 0.2) is 48.5 Å². The van der Waals surface area contributed by atoms with Gasteiger partial charge in [-0.25, -0.2) is 0 Å². The van der Waals surface area contributed by atoms with Gasteiger partial charge in [0.1, 0.15) is 18.0 Å². The molecule has 148 valence electrons. The van der Waals surface area contributed by atoms with E-state index in [-0.39, 0.29) is 6.54 Å². The van der Waals surface area contributed by atoms with Gasteiger partial charge in [0.15, 0.2) is 6.10 Å². The normalized spacial score (nSPS) is 11.1. The fourth-order valence-corrected chi connectivity index (χ4v) is 2.29. The van der Waals surface area contributed by atoms with Crippen molar-refractivity contribution in [2.75, 3.05) is 26.1 Å². The summed E-state index contributed by atoms with van der Waals surface area (Å²) in [5, 5.41) is 5.07. The van der Waals surface area contributed by atoms with Gasteiger partial charge < -0.3 is 24.8 Å². The number of nitrogens with one attached hydrogen (secondary N) is 2. The molecular weight excluding hydrogens is 364 g/mol. The highest BCUT2D eigenvalue weighted by Crippen LogP contribution is 2.23. The van der Waals surface area contributed by atoms with Crippen molar-refractivity contribution in [3.05, 3.63) is 54.1 Å². The van der Waals surface area contributed by atoms with E-state index in [1.807, 2.05) is 0 Å². The van der Waals surface area contributed by atoms with E-state index in [0.717, 1.165) is 0 Å². The molecule has 0 spiro atoms. The zero-order valence-corrected chi connectivity index (χ0v) is 15.9. The molecular formula is C20H22N2O6. The maximum atomic E-state index is 12.2. The largest absolute Gasteiger partial charge is 0.497 e. The third kappa shape index (κ3) is 5.73. The molecule has 2 rings (SSSR count). The lowest BCUT2D eigenvalue weighted by Gasteiger charge is -2.15. The van der Waals surface area contributed by atoms with Gasteiger partial charge in [-0.05, 0) is 37.3 Å². The average Bonchev–Trinajstić information content (AvgIpc) is 2.72. The molecule has 2 N–H and O–H groups in total. The highest BCUT2D eigenvalue weighted by Gasteiger charge is 2.19. The van der Waals surface area contributed by atoms with Gasteiger partial charge in [-0.1, -0.05) is 18.2 Å². The Labute approximate surface area is 162 Å². The molecule has 0 fully saturated rings. The third-order valence-electron chi connectivity index (χ3n) is 3.77. The Balaban J connectivity index is 1.84. The third-order valence-corrected chi connectivity index (χ3v) is 3.77. The lowest BCUT2D eigenvalue weighted by atomic mass is 10.2. The smallest absolute Gasteiger partial charge is 0.326 e. The first kappa shape index (κ1) is 20.8. The summed E-state index contributed by atoms with van der Waals surface area (Å²) in [7, 11) is 2.98. The molecule has 0 aliphatic rings. The van der Waals surface area contributed by atoms with Crippen LogP contribution in [0.25, 0.3) is 0 Å². The second-order valence-electron chi connectivity index (χ2n) is 5.74. The molecule has 0 aromatic heterocycles. The van der Waals surface area contributed by atoms with E-state index in [9.17, 15) is 14.4 Å². The zero-order chi connectivity index (χ0) is 20.5. The molecule has 0 unspecified atom stereocenters. The first-order valence-electron chi connectivity index (χ1n) is 8.50. The molecule has 0 aliphatic heterocycles. The van der Waals surface area contributed by atoms with Gasteiger partial charge in [0, 0.05) is 5.56 Å². The van der Waals surface area contributed by atoms with Crippen molar-refractivity contribution in [2.45, 2.75) is 13.0 Å². The summed E-state index contributed by atoms with van der Waals surface area (Å²) in [6.07, 6.45) is -1.05. The molecule has 8 heteroatoms. The number of hydrogen-bond donors (Lipinski definition) is 2. The lowest BCUT2D eigenvalue weighted by molar-refractivity contribution is -0.152. The second kappa shape index (κ2) is 9.96. The number of hydrogen-bond acceptors (Lipinski definition) is 6. The fraction of sp³-hybridized carbons (Fsp3) is 0.250. The van der Waals surface area contributed by atoms with Crippen LogP contribution >= 0.6 is 0 Å². The molecule has 0 heterocycles. The Morgan fingerprint density at radius 1 is 1.00 bits per heavy atom. The van der Waals surface area contributed by atoms with Crippen LogP contribution in [-0.2, 0) is 14.3 Å². The lowest BCUT2D eigenvalue weighted by Crippen LogP contribution is -2.35. The van der Waals surface area contributed by atoms with Crippen molar-refractivity contribution < 1.29 is 28.6 Å². The Morgan fingerprint density at radius 3 is 2.46 bits per heavy atom. The molecule has 2 aromatic rings. The van der Waals surface area contributed by atoms with E-state index < -0.39 is 23.9 Å². The SMILES string of the molecule is COc1cccc(C(=O)NCC(=O)O[C@H](C)C(=O)Nc2ccccc2OC)c1. The molecule has 0 aliphatic carbocycles. The molecule has 0 saturated heterocycles. The van der Waals surface area contributed by atoms with Crippen LogP contribution < -0.4 is 20.1 Å². The van der Waals surface area contributed by atoms with E-state index in [1.165, 1.54) is 21.1 Å². The van der Waals surface area contributed by atoms with Crippen LogP contribution in [0.1, 0.15) is 17.3 Å². The van der Waals surface area contributed by atoms with Gasteiger partial charge in [0.2, 0.25) is 0 Å². The summed E-state index contributed by atoms with van der Waals surface area (Å²) in [6, 6.07) is 13.4. The summed E-state index contributed by atoms with van der Waals surface area (Å²) in [6.45, 7) is 1.06. The van der Waals surface area contributed by atoms with Gasteiger partial charge >= 0.3 is 5.97 Å². The molecule has 28 heavy (non-hydrogen) atoms. The van der Waals surface area contributed by atoms with Gasteiger partial charge in [0.05, 0.1) is 19.9 Å². The van der Waals surface area contributed by atoms with Crippen molar-refractivity contribution in [3.63, 3.8) is 0 Å². The van der Waals surface area contributed by atoms with Crippen LogP contribution in [-0.4, -0.2) is 44.7 Å². The van der Waals surface area contributed by atoms with Crippen molar-refractivity contribution in [3.8, 4) is 11.5 Å². The summed E-state index contributed by atoms with van der Waals surface area (Å²) in [5.41, 5.74) is 0.804. The van der Waals surface area contributed by atoms with Crippen LogP contribution in [0, 0.1) is 0 Å². The minimum absolute atomic E-state index is 0.342. The number of benzene rings is 2. The number of carbonyl (C=O) groups is 3. The molecule has 8 nitrogen and oxygen atoms in total. The quantitative estimate of drug-likeness (QED) is 0.673. The fourth-order valence-electron chi connectivity index (χ4n) is 2.29. The number of anilines is 1. The van der Waals surface area contributed by atoms with Crippen LogP contribution in [0.4, 0.5) is 5.69 Å². The van der Waals surface area contributed by atoms with E-state index in [4.69, 9.17) is 14.2 Å². The first-order valence-corrected chi connectivity index (χ1v) is 8.50. The maximum Gasteiger partial charge on any atom is 0.326 e. The standard InChI is InChI=1S/C20H22N2O6/c1-13(19(24)22-16-9-4-5-10-17(16)27-3)28-18(23)12-21-20(25)14-7-6-8-15(11-14)26-2/h4-11,13H,12H2,1-3H3,(H,21,25)(H,22,24)/t13-/m1/s1. The molecule has 2 amide bonds. The number of carbonyl (C=O) groups excluding carboxylic acids is 3. The topological polar surface area (TPSA) is 103 Å². The van der Waals surface area contributed by atoms with Gasteiger partial charge in [-0.2, -0.15) is 0 Å². The van der Waals surface area contributed by atoms with E-state index in [1.54, 1.807) is 48.5 Å². The Morgan fingerprint density at radius 2 is 1.75 bits per heavy atom. The average molecular weight is 386 g/mol. The van der Waals surface area contributed by atoms with Crippen LogP contribution in [0.5, 0.6) is 11.5 Å². The number of esters is 1. The van der Waals surface area contributed by atoms with Gasteiger partial charge in [-0.3, -0.25) is 14.4 Å². The summed E-state index contributed by atoms with van der Waals surface area (Å²) >= 11 is 0. The minimum Gasteiger partial charge on any atom is -0.497 e. The highest BCUT2D eigenvalue weighted by atomic mass is 16.5. The van der Waals surface area contributed by atoms with E-state index in [0.29, 0.717) is 22.7 Å². The number of para-hydroxylation sites is 2. The summed E-state index contributed by atoms with van der Waals surface area (Å²) in [4.78, 5) is 36.2. The first-order chi connectivity index (χ1) is 13.4. The summed E-state index contributed by atoms with van der Waals surface area (Å²) < 4.78 is 15.3. The van der Waals surface area contributed by atoms with Gasteiger partial charge in [0.25, 0.3) is 11.8 Å². The Bertz CT molecular complexity index is 852. The molecule has 0 saturated carbocycles. The molecule has 0 radical (unpaired) electrons. The Kier molecular flexibility index (Phi) is 7.38. The van der Waals surface area contributed by atoms with Crippen molar-refractivity contribution in [1.29, 1.82) is 0 Å². The highest BCUT2D eigenvalue weighted by molar-refractivity contribution is 5.98. The number of ether oxygens (including phenoxy) is 3. The predicted octanol–water partition coefficient (Wildman–Crippen LogP) is 2.00. The number of methoxy groups -OCH3 is 2. The van der Waals surface area contributed by atoms with Gasteiger partial charge in [-0.15, -0.1) is 0 Å².